The van der Waals surface area contributed by atoms with Gasteiger partial charge in [0.1, 0.15) is 0 Å². The van der Waals surface area contributed by atoms with Crippen LogP contribution in [0.5, 0.6) is 0 Å². The molecular weight excluding hydrogens is 284 g/mol. The summed E-state index contributed by atoms with van der Waals surface area (Å²) in [6, 6.07) is 20.0. The zero-order chi connectivity index (χ0) is 16.2. The summed E-state index contributed by atoms with van der Waals surface area (Å²) in [5.41, 5.74) is 3.70. The van der Waals surface area contributed by atoms with Crippen molar-refractivity contribution < 1.29 is 9.90 Å². The van der Waals surface area contributed by atoms with E-state index in [1.807, 2.05) is 54.6 Å². The van der Waals surface area contributed by atoms with Crippen LogP contribution in [0.3, 0.4) is 0 Å². The van der Waals surface area contributed by atoms with Gasteiger partial charge < -0.3 is 5.11 Å². The Hall–Kier alpha value is -2.61. The minimum atomic E-state index is -0.852. The quantitative estimate of drug-likeness (QED) is 0.713. The van der Waals surface area contributed by atoms with Crippen molar-refractivity contribution in [1.29, 1.82) is 0 Å². The predicted octanol–water partition coefficient (Wildman–Crippen LogP) is 5.08. The molecule has 1 N–H and O–H groups in total. The van der Waals surface area contributed by atoms with Crippen LogP contribution in [-0.4, -0.2) is 11.1 Å². The van der Waals surface area contributed by atoms with Gasteiger partial charge in [0.15, 0.2) is 0 Å². The summed E-state index contributed by atoms with van der Waals surface area (Å²) in [6.07, 6.45) is 2.65. The monoisotopic (exact) mass is 304 g/mol. The molecule has 0 amide bonds. The van der Waals surface area contributed by atoms with Crippen LogP contribution in [0, 0.1) is 0 Å². The van der Waals surface area contributed by atoms with E-state index in [1.54, 1.807) is 0 Å². The molecule has 0 aliphatic rings. The second-order valence-electron chi connectivity index (χ2n) is 5.83. The van der Waals surface area contributed by atoms with Gasteiger partial charge in [0.2, 0.25) is 0 Å². The first-order chi connectivity index (χ1) is 11.2. The number of aryl methyl sites for hydroxylation is 1. The van der Waals surface area contributed by atoms with Crippen molar-refractivity contribution in [3.05, 3.63) is 82.9 Å². The number of benzene rings is 3. The maximum atomic E-state index is 11.9. The van der Waals surface area contributed by atoms with E-state index in [1.165, 1.54) is 5.56 Å². The average Bonchev–Trinajstić information content (AvgIpc) is 2.56. The van der Waals surface area contributed by atoms with Gasteiger partial charge in [-0.15, -0.1) is 0 Å². The number of hydrogen-bond acceptors (Lipinski definition) is 1. The van der Waals surface area contributed by atoms with Gasteiger partial charge in [0.05, 0.1) is 5.56 Å². The van der Waals surface area contributed by atoms with Gasteiger partial charge in [-0.05, 0) is 40.3 Å². The van der Waals surface area contributed by atoms with Crippen LogP contribution >= 0.6 is 0 Å². The Morgan fingerprint density at radius 2 is 1.57 bits per heavy atom. The summed E-state index contributed by atoms with van der Waals surface area (Å²) in [7, 11) is 0. The second-order valence-corrected chi connectivity index (χ2v) is 5.83. The van der Waals surface area contributed by atoms with Crippen LogP contribution in [0.2, 0.25) is 0 Å². The molecule has 0 fully saturated rings. The topological polar surface area (TPSA) is 37.3 Å². The van der Waals surface area contributed by atoms with Crippen molar-refractivity contribution in [3.63, 3.8) is 0 Å². The first-order valence-electron chi connectivity index (χ1n) is 8.01. The lowest BCUT2D eigenvalue weighted by atomic mass is 9.90. The number of carboxylic acids is 1. The van der Waals surface area contributed by atoms with Crippen molar-refractivity contribution >= 4 is 16.7 Å². The normalized spacial score (nSPS) is 10.8. The summed E-state index contributed by atoms with van der Waals surface area (Å²) >= 11 is 0. The van der Waals surface area contributed by atoms with Crippen LogP contribution in [-0.2, 0) is 12.8 Å². The molecule has 3 rings (SSSR count). The largest absolute Gasteiger partial charge is 0.478 e. The highest BCUT2D eigenvalue weighted by atomic mass is 16.4. The van der Waals surface area contributed by atoms with Crippen molar-refractivity contribution in [1.82, 2.24) is 0 Å². The van der Waals surface area contributed by atoms with Gasteiger partial charge in [0, 0.05) is 0 Å². The Balaban J connectivity index is 2.22. The van der Waals surface area contributed by atoms with Crippen molar-refractivity contribution in [2.24, 2.45) is 0 Å². The maximum Gasteiger partial charge on any atom is 0.336 e. The summed E-state index contributed by atoms with van der Waals surface area (Å²) in [4.78, 5) is 11.9. The smallest absolute Gasteiger partial charge is 0.336 e. The summed E-state index contributed by atoms with van der Waals surface area (Å²) in [5.74, 6) is -0.852. The molecule has 0 radical (unpaired) electrons. The maximum absolute atomic E-state index is 11.9. The van der Waals surface area contributed by atoms with Gasteiger partial charge in [-0.2, -0.15) is 0 Å². The molecule has 23 heavy (non-hydrogen) atoms. The molecule has 0 unspecified atom stereocenters. The molecule has 0 heterocycles. The number of carbonyl (C=O) groups is 1. The van der Waals surface area contributed by atoms with Crippen LogP contribution in [0.1, 0.15) is 40.4 Å². The Bertz CT molecular complexity index is 835. The molecule has 0 bridgehead atoms. The number of hydrogen-bond donors (Lipinski definition) is 1. The zero-order valence-corrected chi connectivity index (χ0v) is 13.3. The molecule has 0 atom stereocenters. The highest BCUT2D eigenvalue weighted by Crippen LogP contribution is 2.29. The lowest BCUT2D eigenvalue weighted by Crippen LogP contribution is -2.06. The van der Waals surface area contributed by atoms with E-state index in [2.05, 4.69) is 13.0 Å². The average molecular weight is 304 g/mol. The minimum Gasteiger partial charge on any atom is -0.478 e. The van der Waals surface area contributed by atoms with E-state index in [9.17, 15) is 9.90 Å². The Morgan fingerprint density at radius 1 is 0.913 bits per heavy atom. The van der Waals surface area contributed by atoms with Gasteiger partial charge in [0.25, 0.3) is 0 Å². The fraction of sp³-hybridized carbons (Fsp3) is 0.190. The van der Waals surface area contributed by atoms with Gasteiger partial charge in [-0.1, -0.05) is 74.0 Å². The fourth-order valence-corrected chi connectivity index (χ4v) is 3.20. The molecule has 3 aromatic rings. The van der Waals surface area contributed by atoms with Gasteiger partial charge in [-0.25, -0.2) is 4.79 Å². The minimum absolute atomic E-state index is 0.435. The lowest BCUT2D eigenvalue weighted by molar-refractivity contribution is 0.0698. The third kappa shape index (κ3) is 3.11. The molecule has 2 heteroatoms. The number of rotatable bonds is 5. The van der Waals surface area contributed by atoms with Gasteiger partial charge >= 0.3 is 5.97 Å². The standard InChI is InChI=1S/C21H20O2/c1-2-8-16-14-17(13-15-9-4-3-5-10-15)20(21(22)23)19-12-7-6-11-18(16)19/h3-7,9-12,14H,2,8,13H2,1H3,(H,22,23). The lowest BCUT2D eigenvalue weighted by Gasteiger charge is -2.14. The second kappa shape index (κ2) is 6.66. The van der Waals surface area contributed by atoms with E-state index in [4.69, 9.17) is 0 Å². The molecular formula is C21H20O2. The number of carboxylic acid groups (broad SMARTS) is 1. The molecule has 0 saturated carbocycles. The molecule has 2 nitrogen and oxygen atoms in total. The first kappa shape index (κ1) is 15.3. The number of fused-ring (bicyclic) bond motifs is 1. The molecule has 0 aliphatic heterocycles. The highest BCUT2D eigenvalue weighted by Gasteiger charge is 2.17. The predicted molar refractivity (Wildman–Crippen MR) is 94.2 cm³/mol. The summed E-state index contributed by atoms with van der Waals surface area (Å²) in [5, 5.41) is 11.7. The van der Waals surface area contributed by atoms with Crippen LogP contribution < -0.4 is 0 Å². The summed E-state index contributed by atoms with van der Waals surface area (Å²) < 4.78 is 0. The fourth-order valence-electron chi connectivity index (χ4n) is 3.20. The Kier molecular flexibility index (Phi) is 4.42. The summed E-state index contributed by atoms with van der Waals surface area (Å²) in [6.45, 7) is 2.15. The van der Waals surface area contributed by atoms with Crippen molar-refractivity contribution in [3.8, 4) is 0 Å². The van der Waals surface area contributed by atoms with E-state index >= 15 is 0 Å². The van der Waals surface area contributed by atoms with E-state index in [0.717, 1.165) is 34.7 Å². The SMILES string of the molecule is CCCc1cc(Cc2ccccc2)c(C(=O)O)c2ccccc12. The van der Waals surface area contributed by atoms with E-state index < -0.39 is 5.97 Å². The van der Waals surface area contributed by atoms with Crippen LogP contribution in [0.4, 0.5) is 0 Å². The molecule has 3 aromatic carbocycles. The molecule has 0 aromatic heterocycles. The van der Waals surface area contributed by atoms with Crippen LogP contribution in [0.15, 0.2) is 60.7 Å². The third-order valence-corrected chi connectivity index (χ3v) is 4.18. The van der Waals surface area contributed by atoms with Gasteiger partial charge in [-0.3, -0.25) is 0 Å². The van der Waals surface area contributed by atoms with Crippen LogP contribution in [0.25, 0.3) is 10.8 Å². The third-order valence-electron chi connectivity index (χ3n) is 4.18. The molecule has 0 aliphatic carbocycles. The number of aromatic carboxylic acids is 1. The molecule has 0 saturated heterocycles. The first-order valence-corrected chi connectivity index (χ1v) is 8.01. The van der Waals surface area contributed by atoms with Crippen molar-refractivity contribution in [2.75, 3.05) is 0 Å². The highest BCUT2D eigenvalue weighted by molar-refractivity contribution is 6.06. The Morgan fingerprint density at radius 3 is 2.22 bits per heavy atom. The van der Waals surface area contributed by atoms with Crippen molar-refractivity contribution in [2.45, 2.75) is 26.2 Å². The Labute approximate surface area is 136 Å². The van der Waals surface area contributed by atoms with E-state index in [-0.39, 0.29) is 0 Å². The molecule has 0 spiro atoms. The van der Waals surface area contributed by atoms with E-state index in [0.29, 0.717) is 12.0 Å². The molecule has 116 valence electrons. The zero-order valence-electron chi connectivity index (χ0n) is 13.3.